The maximum absolute atomic E-state index is 12.8. The lowest BCUT2D eigenvalue weighted by atomic mass is 9.95. The van der Waals surface area contributed by atoms with Crippen LogP contribution in [0.2, 0.25) is 0 Å². The predicted octanol–water partition coefficient (Wildman–Crippen LogP) is 6.70. The maximum atomic E-state index is 12.8. The van der Waals surface area contributed by atoms with Crippen LogP contribution in [-0.2, 0) is 16.8 Å². The van der Waals surface area contributed by atoms with Crippen LogP contribution >= 0.6 is 0 Å². The number of benzene rings is 3. The number of carbonyl (C=O) groups excluding carboxylic acids is 3. The normalized spacial score (nSPS) is 16.9. The summed E-state index contributed by atoms with van der Waals surface area (Å²) in [6.45, 7) is 15.8. The van der Waals surface area contributed by atoms with Crippen LogP contribution in [0.1, 0.15) is 67.7 Å². The van der Waals surface area contributed by atoms with Crippen molar-refractivity contribution in [3.05, 3.63) is 102 Å². The van der Waals surface area contributed by atoms with Crippen LogP contribution in [0.5, 0.6) is 0 Å². The van der Waals surface area contributed by atoms with E-state index in [1.54, 1.807) is 4.90 Å². The number of urea groups is 1. The second-order valence-corrected chi connectivity index (χ2v) is 17.7. The molecule has 0 atom stereocenters. The third-order valence-corrected chi connectivity index (χ3v) is 12.4. The van der Waals surface area contributed by atoms with Crippen molar-refractivity contribution in [2.45, 2.75) is 58.9 Å². The molecule has 3 aliphatic heterocycles. The van der Waals surface area contributed by atoms with E-state index in [1.807, 2.05) is 58.2 Å². The number of nitrogens with one attached hydrogen (secondary N) is 3. The number of aryl methyl sites for hydroxylation is 1. The van der Waals surface area contributed by atoms with E-state index in [2.05, 4.69) is 94.2 Å². The number of H-pyrrole nitrogens is 1. The fourth-order valence-electron chi connectivity index (χ4n) is 8.67. The summed E-state index contributed by atoms with van der Waals surface area (Å²) in [6.07, 6.45) is 4.53. The highest BCUT2D eigenvalue weighted by atomic mass is 16.5. The molecule has 0 spiro atoms. The molecule has 6 aromatic rings. The number of piperidine rings is 1. The third kappa shape index (κ3) is 8.75. The Kier molecular flexibility index (Phi) is 11.2. The van der Waals surface area contributed by atoms with Crippen LogP contribution in [0.25, 0.3) is 33.4 Å². The summed E-state index contributed by atoms with van der Waals surface area (Å²) in [6, 6.07) is 24.9. The summed E-state index contributed by atoms with van der Waals surface area (Å²) in [7, 11) is 0. The Morgan fingerprint density at radius 3 is 2.32 bits per heavy atom. The second-order valence-electron chi connectivity index (χ2n) is 17.7. The molecule has 0 unspecified atom stereocenters. The summed E-state index contributed by atoms with van der Waals surface area (Å²) < 4.78 is 5.29. The molecule has 4 amide bonds. The number of aromatic amines is 1. The first-order chi connectivity index (χ1) is 29.9. The molecule has 3 N–H and O–H groups in total. The van der Waals surface area contributed by atoms with Crippen molar-refractivity contribution < 1.29 is 18.9 Å². The minimum absolute atomic E-state index is 0.0270. The highest BCUT2D eigenvalue weighted by molar-refractivity contribution is 6.05. The van der Waals surface area contributed by atoms with Gasteiger partial charge in [0, 0.05) is 111 Å². The molecular weight excluding hydrogens is 783 g/mol. The third-order valence-electron chi connectivity index (χ3n) is 12.4. The lowest BCUT2D eigenvalue weighted by molar-refractivity contribution is -0.120. The molecule has 15 nitrogen and oxygen atoms in total. The Labute approximate surface area is 360 Å². The van der Waals surface area contributed by atoms with Crippen LogP contribution in [0.15, 0.2) is 83.5 Å². The van der Waals surface area contributed by atoms with Gasteiger partial charge < -0.3 is 19.6 Å². The number of fused-ring (bicyclic) bond motifs is 1. The van der Waals surface area contributed by atoms with Crippen LogP contribution in [0.4, 0.5) is 21.9 Å². The van der Waals surface area contributed by atoms with Gasteiger partial charge in [-0.05, 0) is 90.9 Å². The van der Waals surface area contributed by atoms with E-state index in [0.717, 1.165) is 103 Å². The zero-order chi connectivity index (χ0) is 43.0. The maximum Gasteiger partial charge on any atom is 0.328 e. The number of rotatable bonds is 10. The van der Waals surface area contributed by atoms with Crippen molar-refractivity contribution >= 4 is 45.9 Å². The molecule has 6 heterocycles. The van der Waals surface area contributed by atoms with Crippen molar-refractivity contribution in [2.24, 2.45) is 5.92 Å². The van der Waals surface area contributed by atoms with Gasteiger partial charge in [-0.1, -0.05) is 50.2 Å². The molecule has 3 aromatic carbocycles. The van der Waals surface area contributed by atoms with Crippen LogP contribution in [0, 0.1) is 12.8 Å². The van der Waals surface area contributed by atoms with Crippen molar-refractivity contribution in [3.8, 4) is 22.4 Å². The first-order valence-corrected chi connectivity index (χ1v) is 21.6. The Balaban J connectivity index is 0.779. The summed E-state index contributed by atoms with van der Waals surface area (Å²) in [4.78, 5) is 54.8. The molecule has 320 valence electrons. The number of piperazine rings is 1. The van der Waals surface area contributed by atoms with Gasteiger partial charge in [0.1, 0.15) is 0 Å². The summed E-state index contributed by atoms with van der Waals surface area (Å²) in [5.41, 5.74) is 9.56. The standard InChI is InChI=1S/C47H53N11O4/c1-30-24-33(8-9-34(30)27-49-44(60)43-51-45(62-54-43)47(2,3)4)41-39-26-35(28-48-42(39)53-52-41)32-6-5-7-38(25-32)57-22-20-55(21-23-57)29-31-14-17-56(18-15-31)36-10-12-37(13-11-36)58-19-16-40(59)50-46(58)61/h5-13,24-26,28,31H,14-23,27,29H2,1-4H3,(H,49,60)(H,48,52,53)(H,50,59,61). The van der Waals surface area contributed by atoms with Crippen LogP contribution < -0.4 is 25.3 Å². The molecule has 3 aliphatic rings. The Bertz CT molecular complexity index is 2600. The van der Waals surface area contributed by atoms with E-state index in [1.165, 1.54) is 11.4 Å². The number of aromatic nitrogens is 5. The van der Waals surface area contributed by atoms with Crippen molar-refractivity contribution in [1.82, 2.24) is 40.9 Å². The van der Waals surface area contributed by atoms with E-state index >= 15 is 0 Å². The van der Waals surface area contributed by atoms with Crippen molar-refractivity contribution in [3.63, 3.8) is 0 Å². The average Bonchev–Trinajstić information content (AvgIpc) is 3.96. The topological polar surface area (TPSA) is 169 Å². The van der Waals surface area contributed by atoms with Crippen molar-refractivity contribution in [1.29, 1.82) is 0 Å². The Morgan fingerprint density at radius 1 is 0.839 bits per heavy atom. The van der Waals surface area contributed by atoms with Gasteiger partial charge in [0.05, 0.1) is 5.69 Å². The lowest BCUT2D eigenvalue weighted by Crippen LogP contribution is -2.49. The van der Waals surface area contributed by atoms with E-state index in [-0.39, 0.29) is 29.1 Å². The largest absolute Gasteiger partial charge is 0.372 e. The van der Waals surface area contributed by atoms with Gasteiger partial charge in [0.25, 0.3) is 11.7 Å². The Morgan fingerprint density at radius 2 is 1.60 bits per heavy atom. The predicted molar refractivity (Wildman–Crippen MR) is 239 cm³/mol. The number of pyridine rings is 1. The summed E-state index contributed by atoms with van der Waals surface area (Å²) >= 11 is 0. The van der Waals surface area contributed by atoms with E-state index in [9.17, 15) is 14.4 Å². The van der Waals surface area contributed by atoms with Crippen molar-refractivity contribution in [2.75, 3.05) is 67.1 Å². The number of hydrogen-bond donors (Lipinski definition) is 3. The first kappa shape index (κ1) is 40.8. The molecule has 3 fully saturated rings. The first-order valence-electron chi connectivity index (χ1n) is 21.6. The summed E-state index contributed by atoms with van der Waals surface area (Å²) in [5.74, 6) is 0.522. The van der Waals surface area contributed by atoms with Crippen LogP contribution in [0.3, 0.4) is 0 Å². The number of nitrogens with zero attached hydrogens (tertiary/aromatic N) is 8. The molecule has 62 heavy (non-hydrogen) atoms. The lowest BCUT2D eigenvalue weighted by Gasteiger charge is -2.40. The number of imide groups is 1. The zero-order valence-electron chi connectivity index (χ0n) is 35.8. The molecule has 0 aliphatic carbocycles. The quantitative estimate of drug-likeness (QED) is 0.134. The average molecular weight is 836 g/mol. The zero-order valence-corrected chi connectivity index (χ0v) is 35.8. The van der Waals surface area contributed by atoms with Crippen LogP contribution in [-0.4, -0.2) is 100 Å². The number of anilines is 3. The SMILES string of the molecule is Cc1cc(-c2[nH]nc3ncc(-c4cccc(N5CCN(CC6CCN(c7ccc(N8CCC(=O)NC8=O)cc7)CC6)CC5)c4)cc23)ccc1CNC(=O)c1noc(C(C)(C)C)n1. The monoisotopic (exact) mass is 835 g/mol. The van der Waals surface area contributed by atoms with Gasteiger partial charge in [-0.2, -0.15) is 10.1 Å². The highest BCUT2D eigenvalue weighted by Crippen LogP contribution is 2.33. The molecule has 3 aromatic heterocycles. The van der Waals surface area contributed by atoms with Gasteiger partial charge in [-0.15, -0.1) is 0 Å². The molecule has 0 saturated carbocycles. The smallest absolute Gasteiger partial charge is 0.328 e. The minimum Gasteiger partial charge on any atom is -0.372 e. The van der Waals surface area contributed by atoms with E-state index < -0.39 is 0 Å². The molecule has 3 saturated heterocycles. The fourth-order valence-corrected chi connectivity index (χ4v) is 8.67. The molecule has 0 bridgehead atoms. The summed E-state index contributed by atoms with van der Waals surface area (Å²) in [5, 5.41) is 17.9. The second kappa shape index (κ2) is 17.0. The van der Waals surface area contributed by atoms with Gasteiger partial charge >= 0.3 is 6.03 Å². The number of carbonyl (C=O) groups is 3. The number of amides is 4. The molecule has 0 radical (unpaired) electrons. The van der Waals surface area contributed by atoms with Gasteiger partial charge in [0.2, 0.25) is 11.8 Å². The number of hydrogen-bond acceptors (Lipinski definition) is 11. The highest BCUT2D eigenvalue weighted by Gasteiger charge is 2.27. The molecular formula is C47H53N11O4. The van der Waals surface area contributed by atoms with E-state index in [4.69, 9.17) is 9.51 Å². The molecule has 9 rings (SSSR count). The van der Waals surface area contributed by atoms with E-state index in [0.29, 0.717) is 37.0 Å². The molecule has 15 heteroatoms. The van der Waals surface area contributed by atoms with Gasteiger partial charge in [-0.3, -0.25) is 29.8 Å². The van der Waals surface area contributed by atoms with Gasteiger partial charge in [-0.25, -0.2) is 9.78 Å². The van der Waals surface area contributed by atoms with Gasteiger partial charge in [0.15, 0.2) is 5.65 Å². The minimum atomic E-state index is -0.379. The fraction of sp³-hybridized carbons (Fsp3) is 0.383. The Hall–Kier alpha value is -6.61.